The van der Waals surface area contributed by atoms with E-state index >= 15 is 0 Å². The number of carbonyl (C=O) groups excluding carboxylic acids is 1. The van der Waals surface area contributed by atoms with E-state index in [2.05, 4.69) is 5.32 Å². The summed E-state index contributed by atoms with van der Waals surface area (Å²) in [6.45, 7) is 5.56. The lowest BCUT2D eigenvalue weighted by Gasteiger charge is -2.13. The fourth-order valence-corrected chi connectivity index (χ4v) is 2.97. The number of amides is 1. The summed E-state index contributed by atoms with van der Waals surface area (Å²) in [5.74, 6) is 1.39. The van der Waals surface area contributed by atoms with Crippen molar-refractivity contribution in [3.8, 4) is 11.5 Å². The van der Waals surface area contributed by atoms with Crippen LogP contribution < -0.4 is 14.8 Å². The number of rotatable bonds is 9. The Morgan fingerprint density at radius 3 is 2.42 bits per heavy atom. The van der Waals surface area contributed by atoms with E-state index in [1.54, 1.807) is 18.2 Å². The van der Waals surface area contributed by atoms with Gasteiger partial charge in [-0.2, -0.15) is 0 Å². The van der Waals surface area contributed by atoms with Crippen LogP contribution in [-0.4, -0.2) is 25.7 Å². The molecule has 0 aromatic heterocycles. The first-order valence-electron chi connectivity index (χ1n) is 8.62. The van der Waals surface area contributed by atoms with E-state index < -0.39 is 0 Å². The van der Waals surface area contributed by atoms with Gasteiger partial charge in [0.05, 0.1) is 19.6 Å². The van der Waals surface area contributed by atoms with E-state index in [9.17, 15) is 4.79 Å². The second kappa shape index (κ2) is 10.3. The minimum Gasteiger partial charge on any atom is -0.490 e. The van der Waals surface area contributed by atoms with Crippen LogP contribution in [0.5, 0.6) is 11.5 Å². The van der Waals surface area contributed by atoms with Crippen molar-refractivity contribution >= 4 is 29.1 Å². The van der Waals surface area contributed by atoms with Crippen molar-refractivity contribution in [3.05, 3.63) is 57.6 Å². The standard InChI is InChI=1S/C20H23Cl2NO3/c1-3-25-18-8-5-14(11-19(18)26-4-2)9-10-23-20(24)12-15-6-7-16(21)13-17(15)22/h5-8,11,13H,3-4,9-10,12H2,1-2H3,(H,23,24). The van der Waals surface area contributed by atoms with Crippen molar-refractivity contribution < 1.29 is 14.3 Å². The molecule has 2 aromatic rings. The summed E-state index contributed by atoms with van der Waals surface area (Å²) in [7, 11) is 0. The molecular weight excluding hydrogens is 373 g/mol. The van der Waals surface area contributed by atoms with Gasteiger partial charge in [-0.05, 0) is 55.7 Å². The Hall–Kier alpha value is -1.91. The second-order valence-electron chi connectivity index (χ2n) is 5.66. The average molecular weight is 396 g/mol. The molecule has 0 atom stereocenters. The van der Waals surface area contributed by atoms with E-state index in [1.807, 2.05) is 32.0 Å². The molecule has 0 aliphatic heterocycles. The molecule has 0 aliphatic carbocycles. The van der Waals surface area contributed by atoms with Gasteiger partial charge < -0.3 is 14.8 Å². The molecule has 0 heterocycles. The van der Waals surface area contributed by atoms with E-state index in [0.717, 1.165) is 22.6 Å². The third kappa shape index (κ3) is 6.11. The summed E-state index contributed by atoms with van der Waals surface area (Å²) in [5, 5.41) is 3.97. The highest BCUT2D eigenvalue weighted by molar-refractivity contribution is 6.35. The first-order valence-corrected chi connectivity index (χ1v) is 9.38. The highest BCUT2D eigenvalue weighted by atomic mass is 35.5. The Morgan fingerprint density at radius 1 is 1.00 bits per heavy atom. The van der Waals surface area contributed by atoms with Gasteiger partial charge in [0.2, 0.25) is 5.91 Å². The molecule has 140 valence electrons. The van der Waals surface area contributed by atoms with Crippen LogP contribution in [0, 0.1) is 0 Å². The maximum atomic E-state index is 12.1. The molecular formula is C20H23Cl2NO3. The van der Waals surface area contributed by atoms with E-state index in [4.69, 9.17) is 32.7 Å². The predicted octanol–water partition coefficient (Wildman–Crippen LogP) is 4.69. The molecule has 0 aliphatic rings. The molecule has 0 bridgehead atoms. The van der Waals surface area contributed by atoms with Gasteiger partial charge in [0.1, 0.15) is 0 Å². The van der Waals surface area contributed by atoms with Gasteiger partial charge in [0.15, 0.2) is 11.5 Å². The number of hydrogen-bond acceptors (Lipinski definition) is 3. The maximum absolute atomic E-state index is 12.1. The molecule has 0 spiro atoms. The second-order valence-corrected chi connectivity index (χ2v) is 6.50. The summed E-state index contributed by atoms with van der Waals surface area (Å²) in [4.78, 5) is 12.1. The van der Waals surface area contributed by atoms with Crippen molar-refractivity contribution in [2.45, 2.75) is 26.7 Å². The van der Waals surface area contributed by atoms with Gasteiger partial charge >= 0.3 is 0 Å². The highest BCUT2D eigenvalue weighted by Gasteiger charge is 2.09. The number of halogens is 2. The zero-order valence-electron chi connectivity index (χ0n) is 15.0. The Bertz CT molecular complexity index is 750. The number of nitrogens with one attached hydrogen (secondary N) is 1. The van der Waals surface area contributed by atoms with Crippen LogP contribution in [0.1, 0.15) is 25.0 Å². The first kappa shape index (κ1) is 20.4. The lowest BCUT2D eigenvalue weighted by Crippen LogP contribution is -2.27. The fourth-order valence-electron chi connectivity index (χ4n) is 2.50. The van der Waals surface area contributed by atoms with Crippen LogP contribution in [0.25, 0.3) is 0 Å². The third-order valence-electron chi connectivity index (χ3n) is 3.71. The smallest absolute Gasteiger partial charge is 0.224 e. The number of hydrogen-bond donors (Lipinski definition) is 1. The summed E-state index contributed by atoms with van der Waals surface area (Å²) in [6.07, 6.45) is 0.927. The predicted molar refractivity (Wildman–Crippen MR) is 106 cm³/mol. The van der Waals surface area contributed by atoms with Crippen molar-refractivity contribution in [1.82, 2.24) is 5.32 Å². The average Bonchev–Trinajstić information content (AvgIpc) is 2.60. The molecule has 1 amide bonds. The van der Waals surface area contributed by atoms with Gasteiger partial charge in [-0.15, -0.1) is 0 Å². The number of carbonyl (C=O) groups is 1. The molecule has 0 unspecified atom stereocenters. The molecule has 6 heteroatoms. The summed E-state index contributed by atoms with van der Waals surface area (Å²) >= 11 is 12.0. The van der Waals surface area contributed by atoms with Gasteiger partial charge in [-0.25, -0.2) is 0 Å². The van der Waals surface area contributed by atoms with E-state index in [1.165, 1.54) is 0 Å². The zero-order valence-corrected chi connectivity index (χ0v) is 16.5. The van der Waals surface area contributed by atoms with Crippen molar-refractivity contribution in [2.75, 3.05) is 19.8 Å². The normalized spacial score (nSPS) is 10.5. The fraction of sp³-hybridized carbons (Fsp3) is 0.350. The minimum atomic E-state index is -0.0785. The Balaban J connectivity index is 1.88. The lowest BCUT2D eigenvalue weighted by atomic mass is 10.1. The van der Waals surface area contributed by atoms with Crippen LogP contribution in [0.4, 0.5) is 0 Å². The monoisotopic (exact) mass is 395 g/mol. The topological polar surface area (TPSA) is 47.6 Å². The number of benzene rings is 2. The van der Waals surface area contributed by atoms with Crippen molar-refractivity contribution in [3.63, 3.8) is 0 Å². The Kier molecular flexibility index (Phi) is 8.07. The molecule has 2 rings (SSSR count). The van der Waals surface area contributed by atoms with E-state index in [0.29, 0.717) is 36.2 Å². The van der Waals surface area contributed by atoms with Crippen LogP contribution >= 0.6 is 23.2 Å². The zero-order chi connectivity index (χ0) is 18.9. The van der Waals surface area contributed by atoms with Gasteiger partial charge in [-0.3, -0.25) is 4.79 Å². The molecule has 0 fully saturated rings. The van der Waals surface area contributed by atoms with Crippen LogP contribution in [0.2, 0.25) is 10.0 Å². The molecule has 0 saturated carbocycles. The molecule has 2 aromatic carbocycles. The highest BCUT2D eigenvalue weighted by Crippen LogP contribution is 2.28. The quantitative estimate of drug-likeness (QED) is 0.669. The summed E-state index contributed by atoms with van der Waals surface area (Å²) in [6, 6.07) is 11.0. The SMILES string of the molecule is CCOc1ccc(CCNC(=O)Cc2ccc(Cl)cc2Cl)cc1OCC. The molecule has 4 nitrogen and oxygen atoms in total. The largest absolute Gasteiger partial charge is 0.490 e. The third-order valence-corrected chi connectivity index (χ3v) is 4.30. The molecule has 26 heavy (non-hydrogen) atoms. The van der Waals surface area contributed by atoms with Crippen molar-refractivity contribution in [1.29, 1.82) is 0 Å². The minimum absolute atomic E-state index is 0.0785. The summed E-state index contributed by atoms with van der Waals surface area (Å²) in [5.41, 5.74) is 1.83. The van der Waals surface area contributed by atoms with Crippen LogP contribution in [-0.2, 0) is 17.6 Å². The summed E-state index contributed by atoms with van der Waals surface area (Å²) < 4.78 is 11.2. The van der Waals surface area contributed by atoms with Crippen LogP contribution in [0.3, 0.4) is 0 Å². The van der Waals surface area contributed by atoms with Crippen molar-refractivity contribution in [2.24, 2.45) is 0 Å². The molecule has 0 radical (unpaired) electrons. The Morgan fingerprint density at radius 2 is 1.73 bits per heavy atom. The Labute approximate surface area is 164 Å². The van der Waals surface area contributed by atoms with Crippen LogP contribution in [0.15, 0.2) is 36.4 Å². The van der Waals surface area contributed by atoms with E-state index in [-0.39, 0.29) is 12.3 Å². The molecule has 0 saturated heterocycles. The van der Waals surface area contributed by atoms with Gasteiger partial charge in [0, 0.05) is 16.6 Å². The van der Waals surface area contributed by atoms with Gasteiger partial charge in [-0.1, -0.05) is 35.3 Å². The molecule has 1 N–H and O–H groups in total. The number of ether oxygens (including phenoxy) is 2. The van der Waals surface area contributed by atoms with Gasteiger partial charge in [0.25, 0.3) is 0 Å². The lowest BCUT2D eigenvalue weighted by molar-refractivity contribution is -0.120. The maximum Gasteiger partial charge on any atom is 0.224 e. The first-order chi connectivity index (χ1) is 12.5.